The van der Waals surface area contributed by atoms with Crippen LogP contribution in [0.5, 0.6) is 5.75 Å². The topological polar surface area (TPSA) is 120 Å². The lowest BCUT2D eigenvalue weighted by Gasteiger charge is -2.35. The van der Waals surface area contributed by atoms with Crippen LogP contribution in [0.3, 0.4) is 0 Å². The number of hydrogen-bond acceptors (Lipinski definition) is 7. The molecule has 0 aliphatic carbocycles. The van der Waals surface area contributed by atoms with E-state index in [-0.39, 0.29) is 12.2 Å². The molecule has 1 aromatic carbocycles. The number of fused-ring (bicyclic) bond motifs is 1. The average Bonchev–Trinajstić information content (AvgIpc) is 3.17. The zero-order valence-electron chi connectivity index (χ0n) is 19.6. The number of nitrogens with one attached hydrogen (secondary N) is 1. The van der Waals surface area contributed by atoms with Gasteiger partial charge in [0.05, 0.1) is 12.2 Å². The fraction of sp³-hybridized carbons (Fsp3) is 0.450. The molecule has 1 aromatic heterocycles. The number of ether oxygens (including phenoxy) is 2. The second-order valence-electron chi connectivity index (χ2n) is 8.35. The molecule has 3 rings (SSSR count). The summed E-state index contributed by atoms with van der Waals surface area (Å²) in [7, 11) is -4.77. The Labute approximate surface area is 216 Å². The van der Waals surface area contributed by atoms with E-state index in [0.29, 0.717) is 18.2 Å². The van der Waals surface area contributed by atoms with Crippen LogP contribution >= 0.6 is 11.6 Å². The van der Waals surface area contributed by atoms with Gasteiger partial charge in [-0.1, -0.05) is 11.6 Å². The maximum atomic E-state index is 13.5. The molecule has 0 bridgehead atoms. The van der Waals surface area contributed by atoms with Crippen molar-refractivity contribution in [3.05, 3.63) is 29.5 Å². The van der Waals surface area contributed by atoms with Crippen LogP contribution in [0.15, 0.2) is 29.3 Å². The van der Waals surface area contributed by atoms with Crippen molar-refractivity contribution >= 4 is 44.9 Å². The average molecular weight is 593 g/mol. The van der Waals surface area contributed by atoms with Gasteiger partial charge < -0.3 is 9.47 Å². The van der Waals surface area contributed by atoms with Gasteiger partial charge in [0.15, 0.2) is 11.3 Å². The van der Waals surface area contributed by atoms with Crippen LogP contribution in [0.2, 0.25) is 5.15 Å². The number of carbonyl (C=O) groups excluding carboxylic acids is 2. The van der Waals surface area contributed by atoms with Crippen molar-refractivity contribution in [1.29, 1.82) is 0 Å². The summed E-state index contributed by atoms with van der Waals surface area (Å²) < 4.78 is 116. The molecule has 18 heteroatoms. The Morgan fingerprint density at radius 3 is 2.37 bits per heavy atom. The Balaban J connectivity index is 2.04. The quantitative estimate of drug-likeness (QED) is 0.489. The van der Waals surface area contributed by atoms with Gasteiger partial charge in [-0.05, 0) is 39.0 Å². The number of amides is 1. The molecule has 38 heavy (non-hydrogen) atoms. The third-order valence-electron chi connectivity index (χ3n) is 5.26. The van der Waals surface area contributed by atoms with Gasteiger partial charge in [-0.2, -0.15) is 31.4 Å². The molecule has 1 aliphatic heterocycles. The number of anilines is 2. The number of carbonyl (C=O) groups is 2. The molecule has 1 atom stereocenters. The molecular formula is C20H19ClF6N4O6S. The van der Waals surface area contributed by atoms with Crippen LogP contribution in [0, 0.1) is 0 Å². The number of nitrogens with zero attached hydrogens (tertiary/aromatic N) is 3. The summed E-state index contributed by atoms with van der Waals surface area (Å²) in [4.78, 5) is 23.4. The molecule has 1 amide bonds. The third-order valence-corrected chi connectivity index (χ3v) is 7.43. The monoisotopic (exact) mass is 592 g/mol. The summed E-state index contributed by atoms with van der Waals surface area (Å²) in [6.07, 6.45) is -13.1. The molecule has 0 fully saturated rings. The molecule has 2 aromatic rings. The number of Topliss-reactive ketones (excluding diaryl/α,β-unsaturated/α-hetero) is 1. The minimum atomic E-state index is -5.36. The zero-order valence-corrected chi connectivity index (χ0v) is 21.2. The second-order valence-corrected chi connectivity index (χ2v) is 10.5. The third kappa shape index (κ3) is 5.77. The van der Waals surface area contributed by atoms with E-state index in [0.717, 1.165) is 29.1 Å². The zero-order chi connectivity index (χ0) is 28.8. The molecule has 1 aliphatic rings. The van der Waals surface area contributed by atoms with E-state index in [1.165, 1.54) is 0 Å². The Morgan fingerprint density at radius 1 is 1.21 bits per heavy atom. The Bertz CT molecular complexity index is 1360. The standard InChI is InChI=1S/C20H19ClF6N4O6S/c1-4-30-9-14(16(21)29-30)38(34,35)31-8-13(15(32)19(22,23)24)36-12-6-5-10(7-11(12)31)28-17(33)37-18(2,3)20(25,26)27/h5-7,9,13H,4,8H2,1-3H3,(H,28,33). The van der Waals surface area contributed by atoms with Gasteiger partial charge in [0.1, 0.15) is 10.6 Å². The normalized spacial score (nSPS) is 16.5. The van der Waals surface area contributed by atoms with Crippen LogP contribution in [-0.2, 0) is 26.1 Å². The lowest BCUT2D eigenvalue weighted by Crippen LogP contribution is -2.50. The highest BCUT2D eigenvalue weighted by atomic mass is 35.5. The predicted molar refractivity (Wildman–Crippen MR) is 120 cm³/mol. The first-order chi connectivity index (χ1) is 17.3. The Kier molecular flexibility index (Phi) is 7.59. The maximum absolute atomic E-state index is 13.5. The van der Waals surface area contributed by atoms with Crippen molar-refractivity contribution in [2.24, 2.45) is 0 Å². The molecule has 0 radical (unpaired) electrons. The lowest BCUT2D eigenvalue weighted by atomic mass is 10.1. The summed E-state index contributed by atoms with van der Waals surface area (Å²) in [5.41, 5.74) is -3.62. The van der Waals surface area contributed by atoms with Crippen molar-refractivity contribution < 1.29 is 53.8 Å². The maximum Gasteiger partial charge on any atom is 0.454 e. The largest absolute Gasteiger partial charge is 0.478 e. The fourth-order valence-electron chi connectivity index (χ4n) is 3.14. The van der Waals surface area contributed by atoms with Crippen molar-refractivity contribution in [2.75, 3.05) is 16.2 Å². The van der Waals surface area contributed by atoms with E-state index >= 15 is 0 Å². The number of aromatic nitrogens is 2. The van der Waals surface area contributed by atoms with Crippen molar-refractivity contribution in [2.45, 2.75) is 56.3 Å². The molecule has 210 valence electrons. The highest BCUT2D eigenvalue weighted by Crippen LogP contribution is 2.41. The van der Waals surface area contributed by atoms with E-state index in [4.69, 9.17) is 16.3 Å². The molecule has 0 saturated heterocycles. The van der Waals surface area contributed by atoms with Crippen LogP contribution in [0.4, 0.5) is 42.5 Å². The molecule has 1 N–H and O–H groups in total. The van der Waals surface area contributed by atoms with Gasteiger partial charge in [-0.15, -0.1) is 0 Å². The van der Waals surface area contributed by atoms with E-state index in [1.807, 2.05) is 5.32 Å². The van der Waals surface area contributed by atoms with Crippen molar-refractivity contribution in [3.8, 4) is 5.75 Å². The first kappa shape index (κ1) is 29.3. The number of benzene rings is 1. The number of halogens is 7. The molecule has 1 unspecified atom stereocenters. The Morgan fingerprint density at radius 2 is 1.84 bits per heavy atom. The summed E-state index contributed by atoms with van der Waals surface area (Å²) >= 11 is 5.94. The van der Waals surface area contributed by atoms with Crippen LogP contribution in [0.25, 0.3) is 0 Å². The highest BCUT2D eigenvalue weighted by Gasteiger charge is 2.51. The van der Waals surface area contributed by atoms with Crippen LogP contribution in [-0.4, -0.2) is 60.7 Å². The predicted octanol–water partition coefficient (Wildman–Crippen LogP) is 4.53. The fourth-order valence-corrected chi connectivity index (χ4v) is 5.06. The van der Waals surface area contributed by atoms with E-state index in [1.54, 1.807) is 6.92 Å². The van der Waals surface area contributed by atoms with E-state index in [2.05, 4.69) is 9.84 Å². The number of sulfonamides is 1. The smallest absolute Gasteiger partial charge is 0.454 e. The minimum Gasteiger partial charge on any atom is -0.478 e. The summed E-state index contributed by atoms with van der Waals surface area (Å²) in [6.45, 7) is 1.85. The first-order valence-corrected chi connectivity index (χ1v) is 12.3. The van der Waals surface area contributed by atoms with E-state index in [9.17, 15) is 44.3 Å². The van der Waals surface area contributed by atoms with Crippen molar-refractivity contribution in [3.63, 3.8) is 0 Å². The highest BCUT2D eigenvalue weighted by molar-refractivity contribution is 7.93. The molecule has 0 spiro atoms. The second kappa shape index (κ2) is 9.83. The summed E-state index contributed by atoms with van der Waals surface area (Å²) in [6, 6.07) is 2.82. The van der Waals surface area contributed by atoms with Gasteiger partial charge in [-0.25, -0.2) is 13.2 Å². The molecule has 0 saturated carbocycles. The molecule has 2 heterocycles. The summed E-state index contributed by atoms with van der Waals surface area (Å²) in [5, 5.41) is 5.26. The summed E-state index contributed by atoms with van der Waals surface area (Å²) in [5.74, 6) is -2.87. The van der Waals surface area contributed by atoms with Gasteiger partial charge in [0, 0.05) is 18.4 Å². The molecule has 10 nitrogen and oxygen atoms in total. The number of ketones is 1. The molecular weight excluding hydrogens is 574 g/mol. The minimum absolute atomic E-state index is 0.189. The van der Waals surface area contributed by atoms with Gasteiger partial charge >= 0.3 is 18.4 Å². The van der Waals surface area contributed by atoms with E-state index < -0.39 is 74.0 Å². The lowest BCUT2D eigenvalue weighted by molar-refractivity contribution is -0.242. The SMILES string of the molecule is CCn1cc(S(=O)(=O)N2CC(C(=O)C(F)(F)F)Oc3ccc(NC(=O)OC(C)(C)C(F)(F)F)cc32)c(Cl)n1. The first-order valence-electron chi connectivity index (χ1n) is 10.5. The number of aryl methyl sites for hydroxylation is 1. The van der Waals surface area contributed by atoms with Crippen LogP contribution < -0.4 is 14.4 Å². The Hall–Kier alpha value is -3.21. The van der Waals surface area contributed by atoms with Crippen molar-refractivity contribution in [1.82, 2.24) is 9.78 Å². The van der Waals surface area contributed by atoms with Crippen LogP contribution in [0.1, 0.15) is 20.8 Å². The van der Waals surface area contributed by atoms with Gasteiger partial charge in [0.25, 0.3) is 15.8 Å². The number of rotatable bonds is 6. The van der Waals surface area contributed by atoms with Gasteiger partial charge in [-0.3, -0.25) is 19.1 Å². The number of hydrogen-bond donors (Lipinski definition) is 1. The number of alkyl halides is 6. The van der Waals surface area contributed by atoms with Gasteiger partial charge in [0.2, 0.25) is 5.60 Å².